The lowest BCUT2D eigenvalue weighted by molar-refractivity contribution is 0.276. The van der Waals surface area contributed by atoms with Crippen LogP contribution in [0.3, 0.4) is 0 Å². The number of hydrogen-bond acceptors (Lipinski definition) is 8. The van der Waals surface area contributed by atoms with Crippen molar-refractivity contribution in [3.05, 3.63) is 53.6 Å². The fourth-order valence-corrected chi connectivity index (χ4v) is 8.46. The molecular formula is C26H36N4O5S3. The van der Waals surface area contributed by atoms with E-state index in [0.29, 0.717) is 53.6 Å². The highest BCUT2D eigenvalue weighted by molar-refractivity contribution is 7.89. The largest absolute Gasteiger partial charge is 0.394 e. The standard InChI is InChI=1S/C26H36N4O5S3/c1-4-15-37(32,33)30-13-11-21(12-14-30)29-38(34,35)22-9-10-23-25(16-22)36-26(27-23)28-24(17-31)20-7-5-19(6-8-20)18(2)3/h5-10,16,18,21,24,29,31H,4,11-15,17H2,1-3H3,(H,27,28). The molecule has 1 fully saturated rings. The highest BCUT2D eigenvalue weighted by atomic mass is 32.2. The van der Waals surface area contributed by atoms with E-state index in [9.17, 15) is 21.9 Å². The maximum absolute atomic E-state index is 13.1. The number of aromatic nitrogens is 1. The van der Waals surface area contributed by atoms with Gasteiger partial charge in [-0.3, -0.25) is 0 Å². The molecule has 0 aliphatic carbocycles. The first-order valence-electron chi connectivity index (χ1n) is 12.9. The molecule has 208 valence electrons. The second-order valence-electron chi connectivity index (χ2n) is 9.96. The summed E-state index contributed by atoms with van der Waals surface area (Å²) >= 11 is 1.33. The highest BCUT2D eigenvalue weighted by Gasteiger charge is 2.30. The number of nitrogens with one attached hydrogen (secondary N) is 2. The van der Waals surface area contributed by atoms with Crippen molar-refractivity contribution in [1.82, 2.24) is 14.0 Å². The lowest BCUT2D eigenvalue weighted by Gasteiger charge is -2.31. The molecule has 12 heteroatoms. The van der Waals surface area contributed by atoms with E-state index in [4.69, 9.17) is 0 Å². The van der Waals surface area contributed by atoms with Crippen LogP contribution in [0.1, 0.15) is 63.1 Å². The van der Waals surface area contributed by atoms with Gasteiger partial charge in [0.25, 0.3) is 0 Å². The van der Waals surface area contributed by atoms with Crippen molar-refractivity contribution < 1.29 is 21.9 Å². The van der Waals surface area contributed by atoms with Crippen molar-refractivity contribution in [1.29, 1.82) is 0 Å². The van der Waals surface area contributed by atoms with Crippen LogP contribution >= 0.6 is 11.3 Å². The van der Waals surface area contributed by atoms with Crippen molar-refractivity contribution in [2.24, 2.45) is 0 Å². The van der Waals surface area contributed by atoms with Crippen LogP contribution in [0.2, 0.25) is 0 Å². The Kier molecular flexibility index (Phi) is 9.11. The van der Waals surface area contributed by atoms with Gasteiger partial charge in [0.05, 0.1) is 33.5 Å². The van der Waals surface area contributed by atoms with Crippen molar-refractivity contribution in [2.45, 2.75) is 62.9 Å². The minimum absolute atomic E-state index is 0.110. The van der Waals surface area contributed by atoms with E-state index in [2.05, 4.69) is 41.0 Å². The summed E-state index contributed by atoms with van der Waals surface area (Å²) in [6.45, 7) is 6.60. The molecule has 3 aromatic rings. The number of benzene rings is 2. The van der Waals surface area contributed by atoms with Gasteiger partial charge in [-0.05, 0) is 54.5 Å². The fourth-order valence-electron chi connectivity index (χ4n) is 4.56. The Labute approximate surface area is 229 Å². The molecule has 38 heavy (non-hydrogen) atoms. The molecule has 4 rings (SSSR count). The molecule has 1 aromatic heterocycles. The Morgan fingerprint density at radius 1 is 1.05 bits per heavy atom. The number of piperidine rings is 1. The SMILES string of the molecule is CCCS(=O)(=O)N1CCC(NS(=O)(=O)c2ccc3nc(NC(CO)c4ccc(C(C)C)cc4)sc3c2)CC1. The van der Waals surface area contributed by atoms with Crippen LogP contribution in [-0.2, 0) is 20.0 Å². The Balaban J connectivity index is 1.43. The number of rotatable bonds is 11. The van der Waals surface area contributed by atoms with Gasteiger partial charge in [-0.1, -0.05) is 56.4 Å². The van der Waals surface area contributed by atoms with E-state index < -0.39 is 20.0 Å². The summed E-state index contributed by atoms with van der Waals surface area (Å²) in [5, 5.41) is 13.8. The summed E-state index contributed by atoms with van der Waals surface area (Å²) in [7, 11) is -7.07. The van der Waals surface area contributed by atoms with Gasteiger partial charge in [-0.25, -0.2) is 30.8 Å². The van der Waals surface area contributed by atoms with E-state index >= 15 is 0 Å². The summed E-state index contributed by atoms with van der Waals surface area (Å²) in [6, 6.07) is 12.3. The fraction of sp³-hybridized carbons (Fsp3) is 0.500. The molecule has 0 radical (unpaired) electrons. The Morgan fingerprint density at radius 3 is 2.32 bits per heavy atom. The molecule has 0 spiro atoms. The molecule has 0 saturated carbocycles. The number of nitrogens with zero attached hydrogens (tertiary/aromatic N) is 2. The van der Waals surface area contributed by atoms with Gasteiger partial charge in [-0.2, -0.15) is 0 Å². The zero-order chi connectivity index (χ0) is 27.5. The average Bonchev–Trinajstić information content (AvgIpc) is 3.29. The van der Waals surface area contributed by atoms with Crippen molar-refractivity contribution in [2.75, 3.05) is 30.8 Å². The number of anilines is 1. The summed E-state index contributed by atoms with van der Waals surface area (Å²) in [6.07, 6.45) is 1.41. The monoisotopic (exact) mass is 580 g/mol. The highest BCUT2D eigenvalue weighted by Crippen LogP contribution is 2.31. The first-order chi connectivity index (χ1) is 18.0. The van der Waals surface area contributed by atoms with Gasteiger partial charge in [0.15, 0.2) is 5.13 Å². The number of hydrogen-bond donors (Lipinski definition) is 3. The third-order valence-corrected chi connectivity index (χ3v) is 11.3. The quantitative estimate of drug-likeness (QED) is 0.312. The first-order valence-corrected chi connectivity index (χ1v) is 16.8. The average molecular weight is 581 g/mol. The molecule has 0 amide bonds. The summed E-state index contributed by atoms with van der Waals surface area (Å²) in [5.41, 5.74) is 2.83. The number of fused-ring (bicyclic) bond motifs is 1. The third kappa shape index (κ3) is 6.72. The Morgan fingerprint density at radius 2 is 1.71 bits per heavy atom. The van der Waals surface area contributed by atoms with Crippen LogP contribution in [0.25, 0.3) is 10.2 Å². The molecule has 2 aromatic carbocycles. The minimum atomic E-state index is -3.79. The van der Waals surface area contributed by atoms with Gasteiger partial charge < -0.3 is 10.4 Å². The van der Waals surface area contributed by atoms with Crippen molar-refractivity contribution >= 4 is 46.7 Å². The lowest BCUT2D eigenvalue weighted by atomic mass is 9.99. The normalized spacial score (nSPS) is 16.8. The molecule has 1 unspecified atom stereocenters. The summed E-state index contributed by atoms with van der Waals surface area (Å²) in [5.74, 6) is 0.530. The van der Waals surface area contributed by atoms with Gasteiger partial charge in [0.2, 0.25) is 20.0 Å². The number of thiazole rings is 1. The van der Waals surface area contributed by atoms with Crippen LogP contribution in [0, 0.1) is 0 Å². The molecule has 1 atom stereocenters. The maximum Gasteiger partial charge on any atom is 0.240 e. The predicted octanol–water partition coefficient (Wildman–Crippen LogP) is 4.05. The molecule has 0 bridgehead atoms. The van der Waals surface area contributed by atoms with Gasteiger partial charge in [0.1, 0.15) is 0 Å². The van der Waals surface area contributed by atoms with E-state index in [1.807, 2.05) is 19.1 Å². The summed E-state index contributed by atoms with van der Waals surface area (Å²) < 4.78 is 55.7. The number of sulfonamides is 2. The topological polar surface area (TPSA) is 129 Å². The smallest absolute Gasteiger partial charge is 0.240 e. The molecule has 9 nitrogen and oxygen atoms in total. The van der Waals surface area contributed by atoms with E-state index in [-0.39, 0.29) is 29.3 Å². The van der Waals surface area contributed by atoms with E-state index in [1.54, 1.807) is 12.1 Å². The van der Waals surface area contributed by atoms with Crippen molar-refractivity contribution in [3.63, 3.8) is 0 Å². The zero-order valence-electron chi connectivity index (χ0n) is 21.9. The maximum atomic E-state index is 13.1. The van der Waals surface area contributed by atoms with Crippen LogP contribution in [0.5, 0.6) is 0 Å². The molecule has 3 N–H and O–H groups in total. The number of aliphatic hydroxyl groups is 1. The van der Waals surface area contributed by atoms with Crippen LogP contribution in [-0.4, -0.2) is 62.7 Å². The van der Waals surface area contributed by atoms with Crippen LogP contribution < -0.4 is 10.0 Å². The number of aliphatic hydroxyl groups excluding tert-OH is 1. The molecular weight excluding hydrogens is 545 g/mol. The predicted molar refractivity (Wildman–Crippen MR) is 153 cm³/mol. The molecule has 1 aliphatic rings. The molecule has 1 saturated heterocycles. The first kappa shape index (κ1) is 28.9. The minimum Gasteiger partial charge on any atom is -0.394 e. The van der Waals surface area contributed by atoms with Crippen LogP contribution in [0.15, 0.2) is 47.4 Å². The molecule has 2 heterocycles. The third-order valence-electron chi connectivity index (χ3n) is 6.79. The summed E-state index contributed by atoms with van der Waals surface area (Å²) in [4.78, 5) is 4.72. The Hall–Kier alpha value is -2.09. The van der Waals surface area contributed by atoms with Gasteiger partial charge >= 0.3 is 0 Å². The van der Waals surface area contributed by atoms with Gasteiger partial charge in [-0.15, -0.1) is 0 Å². The second-order valence-corrected chi connectivity index (χ2v) is 14.8. The zero-order valence-corrected chi connectivity index (χ0v) is 24.4. The van der Waals surface area contributed by atoms with Crippen molar-refractivity contribution in [3.8, 4) is 0 Å². The van der Waals surface area contributed by atoms with Crippen LogP contribution in [0.4, 0.5) is 5.13 Å². The Bertz CT molecular complexity index is 1450. The lowest BCUT2D eigenvalue weighted by Crippen LogP contribution is -2.46. The van der Waals surface area contributed by atoms with Gasteiger partial charge in [0, 0.05) is 19.1 Å². The second kappa shape index (κ2) is 12.0. The van der Waals surface area contributed by atoms with E-state index in [1.165, 1.54) is 27.3 Å². The molecule has 1 aliphatic heterocycles. The van der Waals surface area contributed by atoms with E-state index in [0.717, 1.165) is 5.56 Å².